The Hall–Kier alpha value is -3.79. The first-order valence-corrected chi connectivity index (χ1v) is 9.95. The summed E-state index contributed by atoms with van der Waals surface area (Å²) in [5.74, 6) is 1.35. The number of nitrogens with one attached hydrogen (secondary N) is 2. The first-order chi connectivity index (χ1) is 15.0. The second kappa shape index (κ2) is 7.47. The molecule has 0 radical (unpaired) electrons. The van der Waals surface area contributed by atoms with Crippen LogP contribution in [0.3, 0.4) is 0 Å². The van der Waals surface area contributed by atoms with Crippen molar-refractivity contribution in [2.75, 3.05) is 25.0 Å². The molecule has 2 aliphatic heterocycles. The number of pyridine rings is 2. The topological polar surface area (TPSA) is 114 Å². The number of nitrogens with zero attached hydrogens (tertiary/aromatic N) is 5. The van der Waals surface area contributed by atoms with Crippen LogP contribution in [0.4, 0.5) is 10.6 Å². The molecule has 5 heterocycles. The van der Waals surface area contributed by atoms with E-state index in [1.54, 1.807) is 35.3 Å². The van der Waals surface area contributed by atoms with Crippen molar-refractivity contribution in [3.8, 4) is 22.8 Å². The van der Waals surface area contributed by atoms with Gasteiger partial charge in [0.25, 0.3) is 0 Å². The summed E-state index contributed by atoms with van der Waals surface area (Å²) in [5, 5.41) is 9.95. The Bertz CT molecular complexity index is 1140. The summed E-state index contributed by atoms with van der Waals surface area (Å²) in [6.45, 7) is 1.70. The van der Waals surface area contributed by atoms with Crippen LogP contribution in [0.15, 0.2) is 49.1 Å². The molecule has 2 saturated heterocycles. The number of likely N-dealkylation sites (tertiary alicyclic amines) is 1. The molecule has 2 fully saturated rings. The lowest BCUT2D eigenvalue weighted by Crippen LogP contribution is -2.58. The molecular formula is C21H21N7O3. The quantitative estimate of drug-likeness (QED) is 0.665. The number of imide groups is 1. The Balaban J connectivity index is 1.23. The maximum Gasteiger partial charge on any atom is 0.329 e. The van der Waals surface area contributed by atoms with E-state index in [4.69, 9.17) is 4.74 Å². The zero-order valence-electron chi connectivity index (χ0n) is 16.9. The molecule has 5 rings (SSSR count). The van der Waals surface area contributed by atoms with Crippen molar-refractivity contribution >= 4 is 17.8 Å². The van der Waals surface area contributed by atoms with Crippen molar-refractivity contribution in [2.45, 2.75) is 6.42 Å². The highest BCUT2D eigenvalue weighted by atomic mass is 16.5. The van der Waals surface area contributed by atoms with Crippen molar-refractivity contribution in [1.29, 1.82) is 0 Å². The zero-order valence-corrected chi connectivity index (χ0v) is 16.9. The average molecular weight is 419 g/mol. The number of carbonyl (C=O) groups is 2. The molecule has 0 aromatic carbocycles. The molecule has 3 amide bonds. The minimum Gasteiger partial charge on any atom is -0.456 e. The number of aryl methyl sites for hydroxylation is 1. The molecule has 3 aromatic heterocycles. The van der Waals surface area contributed by atoms with Crippen LogP contribution in [-0.2, 0) is 11.8 Å². The van der Waals surface area contributed by atoms with Gasteiger partial charge >= 0.3 is 6.03 Å². The zero-order chi connectivity index (χ0) is 21.4. The summed E-state index contributed by atoms with van der Waals surface area (Å²) >= 11 is 0. The van der Waals surface area contributed by atoms with E-state index in [0.29, 0.717) is 43.4 Å². The third-order valence-electron chi connectivity index (χ3n) is 5.62. The molecule has 2 aliphatic rings. The highest BCUT2D eigenvalue weighted by Crippen LogP contribution is 2.35. The molecule has 0 bridgehead atoms. The van der Waals surface area contributed by atoms with Crippen molar-refractivity contribution in [3.63, 3.8) is 0 Å². The predicted molar refractivity (Wildman–Crippen MR) is 111 cm³/mol. The van der Waals surface area contributed by atoms with Gasteiger partial charge in [-0.25, -0.2) is 9.78 Å². The number of rotatable bonds is 4. The van der Waals surface area contributed by atoms with Crippen LogP contribution in [0.25, 0.3) is 11.3 Å². The first kappa shape index (κ1) is 19.2. The lowest BCUT2D eigenvalue weighted by molar-refractivity contribution is -0.135. The van der Waals surface area contributed by atoms with Crippen molar-refractivity contribution in [2.24, 2.45) is 12.5 Å². The van der Waals surface area contributed by atoms with Gasteiger partial charge in [-0.1, -0.05) is 0 Å². The molecule has 2 N–H and O–H groups in total. The Morgan fingerprint density at radius 2 is 2.06 bits per heavy atom. The number of hydrogen-bond acceptors (Lipinski definition) is 7. The molecule has 3 aromatic rings. The highest BCUT2D eigenvalue weighted by molar-refractivity contribution is 6.04. The fraction of sp³-hybridized carbons (Fsp3) is 0.286. The molecule has 10 nitrogen and oxygen atoms in total. The SMILES string of the molecule is Cn1cc(-c2cc(Oc3ccc(NC(=O)N4CCC5(CNC5)C4=O)nc3)ccn2)cn1. The van der Waals surface area contributed by atoms with Gasteiger partial charge in [-0.2, -0.15) is 5.10 Å². The number of urea groups is 1. The summed E-state index contributed by atoms with van der Waals surface area (Å²) in [4.78, 5) is 34.8. The average Bonchev–Trinajstić information content (AvgIpc) is 3.33. The smallest absolute Gasteiger partial charge is 0.329 e. The van der Waals surface area contributed by atoms with Gasteiger partial charge in [0.15, 0.2) is 0 Å². The molecule has 1 spiro atoms. The molecule has 0 aliphatic carbocycles. The Kier molecular flexibility index (Phi) is 4.63. The molecule has 0 saturated carbocycles. The number of amides is 3. The fourth-order valence-corrected chi connectivity index (χ4v) is 3.78. The van der Waals surface area contributed by atoms with Gasteiger partial charge in [-0.05, 0) is 24.6 Å². The van der Waals surface area contributed by atoms with Crippen LogP contribution in [0.2, 0.25) is 0 Å². The molecule has 0 unspecified atom stereocenters. The standard InChI is InChI=1S/C21H21N7O3/c1-27-11-14(9-25-27)17-8-15(4-6-23-17)31-16-2-3-18(24-10-16)26-20(30)28-7-5-21(19(28)29)12-22-13-21/h2-4,6,8-11,22H,5,7,12-13H2,1H3,(H,24,26,30). The molecule has 31 heavy (non-hydrogen) atoms. The number of aromatic nitrogens is 4. The maximum atomic E-state index is 12.5. The third-order valence-corrected chi connectivity index (χ3v) is 5.62. The highest BCUT2D eigenvalue weighted by Gasteiger charge is 2.52. The van der Waals surface area contributed by atoms with Gasteiger partial charge in [0, 0.05) is 50.7 Å². The van der Waals surface area contributed by atoms with Crippen LogP contribution < -0.4 is 15.4 Å². The van der Waals surface area contributed by atoms with E-state index in [1.165, 1.54) is 11.1 Å². The maximum absolute atomic E-state index is 12.5. The Morgan fingerprint density at radius 1 is 1.19 bits per heavy atom. The van der Waals surface area contributed by atoms with Crippen LogP contribution in [0, 0.1) is 5.41 Å². The van der Waals surface area contributed by atoms with Crippen LogP contribution in [0.5, 0.6) is 11.5 Å². The van der Waals surface area contributed by atoms with E-state index in [9.17, 15) is 9.59 Å². The van der Waals surface area contributed by atoms with Gasteiger partial charge in [0.05, 0.1) is 23.5 Å². The van der Waals surface area contributed by atoms with Crippen LogP contribution in [0.1, 0.15) is 6.42 Å². The Morgan fingerprint density at radius 3 is 2.71 bits per heavy atom. The third kappa shape index (κ3) is 3.61. The van der Waals surface area contributed by atoms with E-state index in [1.807, 2.05) is 19.3 Å². The van der Waals surface area contributed by atoms with E-state index in [0.717, 1.165) is 11.3 Å². The summed E-state index contributed by atoms with van der Waals surface area (Å²) in [5.41, 5.74) is 1.24. The minimum absolute atomic E-state index is 0.120. The van der Waals surface area contributed by atoms with E-state index < -0.39 is 11.4 Å². The summed E-state index contributed by atoms with van der Waals surface area (Å²) in [7, 11) is 1.85. The lowest BCUT2D eigenvalue weighted by atomic mass is 9.80. The van der Waals surface area contributed by atoms with Gasteiger partial charge in [-0.3, -0.25) is 24.7 Å². The van der Waals surface area contributed by atoms with Gasteiger partial charge in [0.2, 0.25) is 5.91 Å². The summed E-state index contributed by atoms with van der Waals surface area (Å²) < 4.78 is 7.57. The number of ether oxygens (including phenoxy) is 1. The normalized spacial score (nSPS) is 16.9. The molecular weight excluding hydrogens is 398 g/mol. The first-order valence-electron chi connectivity index (χ1n) is 9.95. The lowest BCUT2D eigenvalue weighted by Gasteiger charge is -2.36. The molecule has 0 atom stereocenters. The largest absolute Gasteiger partial charge is 0.456 e. The summed E-state index contributed by atoms with van der Waals surface area (Å²) in [6, 6.07) is 6.45. The fourth-order valence-electron chi connectivity index (χ4n) is 3.78. The van der Waals surface area contributed by atoms with Gasteiger partial charge < -0.3 is 10.1 Å². The second-order valence-electron chi connectivity index (χ2n) is 7.78. The van der Waals surface area contributed by atoms with Gasteiger partial charge in [0.1, 0.15) is 17.3 Å². The second-order valence-corrected chi connectivity index (χ2v) is 7.78. The summed E-state index contributed by atoms with van der Waals surface area (Å²) in [6.07, 6.45) is 7.48. The number of carbonyl (C=O) groups excluding carboxylic acids is 2. The monoisotopic (exact) mass is 419 g/mol. The van der Waals surface area contributed by atoms with E-state index >= 15 is 0 Å². The predicted octanol–water partition coefficient (Wildman–Crippen LogP) is 2.02. The van der Waals surface area contributed by atoms with Crippen LogP contribution in [-0.4, -0.2) is 56.2 Å². The molecule has 10 heteroatoms. The number of anilines is 1. The minimum atomic E-state index is -0.454. The Labute approximate surface area is 178 Å². The van der Waals surface area contributed by atoms with E-state index in [2.05, 4.69) is 25.7 Å². The van der Waals surface area contributed by atoms with E-state index in [-0.39, 0.29) is 5.91 Å². The van der Waals surface area contributed by atoms with Gasteiger partial charge in [-0.15, -0.1) is 0 Å². The molecule has 158 valence electrons. The van der Waals surface area contributed by atoms with Crippen LogP contribution >= 0.6 is 0 Å². The van der Waals surface area contributed by atoms with Crippen molar-refractivity contribution in [1.82, 2.24) is 30.0 Å². The number of hydrogen-bond donors (Lipinski definition) is 2. The van der Waals surface area contributed by atoms with Crippen molar-refractivity contribution in [3.05, 3.63) is 49.1 Å². The van der Waals surface area contributed by atoms with Crippen molar-refractivity contribution < 1.29 is 14.3 Å².